The fourth-order valence-corrected chi connectivity index (χ4v) is 3.45. The van der Waals surface area contributed by atoms with Crippen LogP contribution in [0, 0.1) is 5.92 Å². The predicted octanol–water partition coefficient (Wildman–Crippen LogP) is 4.36. The zero-order valence-electron chi connectivity index (χ0n) is 15.2. The van der Waals surface area contributed by atoms with Crippen LogP contribution in [0.25, 0.3) is 0 Å². The zero-order valence-corrected chi connectivity index (χ0v) is 16.0. The lowest BCUT2D eigenvalue weighted by Crippen LogP contribution is -2.40. The van der Waals surface area contributed by atoms with Gasteiger partial charge in [0.2, 0.25) is 0 Å². The Morgan fingerprint density at radius 1 is 1.17 bits per heavy atom. The number of unbranched alkanes of at least 4 members (excludes halogenated alkanes) is 2. The Hall–Kier alpha value is -0.710. The standard InChI is InChI=1S/C19H33NO2S/c1-6-7-9-14-17(21)15(2)18(16-12-10-8-11-13-16)20-23(22)19(3,4)5/h8,10-13,15,17-18,20-21H,6-7,9,14H2,1-5H3/t15-,17+,18+,23-/m0/s1. The molecule has 132 valence electrons. The molecule has 4 heteroatoms. The maximum absolute atomic E-state index is 12.6. The number of hydrogen-bond acceptors (Lipinski definition) is 2. The van der Waals surface area contributed by atoms with Crippen LogP contribution < -0.4 is 4.72 Å². The zero-order chi connectivity index (χ0) is 17.5. The first-order valence-electron chi connectivity index (χ1n) is 8.68. The molecule has 0 radical (unpaired) electrons. The van der Waals surface area contributed by atoms with Gasteiger partial charge in [-0.15, -0.1) is 0 Å². The lowest BCUT2D eigenvalue weighted by atomic mass is 9.88. The lowest BCUT2D eigenvalue weighted by molar-refractivity contribution is 0.0881. The number of hydrogen-bond donors (Lipinski definition) is 2. The average molecular weight is 340 g/mol. The summed E-state index contributed by atoms with van der Waals surface area (Å²) >= 11 is 0. The van der Waals surface area contributed by atoms with Gasteiger partial charge in [-0.2, -0.15) is 0 Å². The minimum atomic E-state index is -1.17. The molecule has 0 bridgehead atoms. The highest BCUT2D eigenvalue weighted by Crippen LogP contribution is 2.28. The van der Waals surface area contributed by atoms with Crippen LogP contribution in [0.4, 0.5) is 0 Å². The highest BCUT2D eigenvalue weighted by atomic mass is 32.2. The van der Waals surface area contributed by atoms with Gasteiger partial charge in [-0.1, -0.05) is 63.4 Å². The molecule has 0 amide bonds. The highest BCUT2D eigenvalue weighted by Gasteiger charge is 2.30. The molecule has 0 aliphatic heterocycles. The van der Waals surface area contributed by atoms with Gasteiger partial charge in [0, 0.05) is 12.0 Å². The van der Waals surface area contributed by atoms with Gasteiger partial charge in [0.05, 0.1) is 21.8 Å². The molecule has 23 heavy (non-hydrogen) atoms. The van der Waals surface area contributed by atoms with Gasteiger partial charge in [-0.3, -0.25) is 0 Å². The molecule has 0 saturated heterocycles. The first-order valence-corrected chi connectivity index (χ1v) is 9.83. The summed E-state index contributed by atoms with van der Waals surface area (Å²) in [5.74, 6) is 0.000515. The molecule has 2 N–H and O–H groups in total. The SMILES string of the molecule is CCCCC[C@@H](O)[C@H](C)[C@@H](N[S@@](=O)C(C)(C)C)c1ccccc1. The maximum Gasteiger partial charge on any atom is 0.0976 e. The Balaban J connectivity index is 2.89. The summed E-state index contributed by atoms with van der Waals surface area (Å²) in [6.45, 7) is 10.1. The van der Waals surface area contributed by atoms with Crippen LogP contribution in [0.2, 0.25) is 0 Å². The second-order valence-corrected chi connectivity index (χ2v) is 9.31. The van der Waals surface area contributed by atoms with Gasteiger partial charge < -0.3 is 5.11 Å². The van der Waals surface area contributed by atoms with Gasteiger partial charge in [-0.25, -0.2) is 8.93 Å². The molecular weight excluding hydrogens is 306 g/mol. The summed E-state index contributed by atoms with van der Waals surface area (Å²) in [6, 6.07) is 9.90. The van der Waals surface area contributed by atoms with Crippen LogP contribution in [0.5, 0.6) is 0 Å². The topological polar surface area (TPSA) is 49.3 Å². The van der Waals surface area contributed by atoms with E-state index in [1.807, 2.05) is 58.0 Å². The molecule has 0 aliphatic rings. The molecule has 0 unspecified atom stereocenters. The number of benzene rings is 1. The maximum atomic E-state index is 12.6. The van der Waals surface area contributed by atoms with Crippen molar-refractivity contribution < 1.29 is 9.32 Å². The summed E-state index contributed by atoms with van der Waals surface area (Å²) in [7, 11) is -1.17. The van der Waals surface area contributed by atoms with Gasteiger partial charge in [0.15, 0.2) is 0 Å². The highest BCUT2D eigenvalue weighted by molar-refractivity contribution is 7.84. The Kier molecular flexibility index (Phi) is 8.45. The Morgan fingerprint density at radius 3 is 2.30 bits per heavy atom. The molecular formula is C19H33NO2S. The summed E-state index contributed by atoms with van der Waals surface area (Å²) in [6.07, 6.45) is 3.72. The summed E-state index contributed by atoms with van der Waals surface area (Å²) < 4.78 is 15.5. The summed E-state index contributed by atoms with van der Waals surface area (Å²) in [4.78, 5) is 0. The molecule has 0 fully saturated rings. The van der Waals surface area contributed by atoms with E-state index < -0.39 is 17.1 Å². The molecule has 1 rings (SSSR count). The first kappa shape index (κ1) is 20.3. The molecule has 1 aromatic rings. The number of rotatable bonds is 9. The van der Waals surface area contributed by atoms with Crippen molar-refractivity contribution in [3.05, 3.63) is 35.9 Å². The summed E-state index contributed by atoms with van der Waals surface area (Å²) in [5, 5.41) is 10.6. The van der Waals surface area contributed by atoms with E-state index in [0.29, 0.717) is 0 Å². The van der Waals surface area contributed by atoms with Crippen molar-refractivity contribution in [2.45, 2.75) is 77.2 Å². The minimum absolute atomic E-state index is 0.000515. The fourth-order valence-electron chi connectivity index (χ4n) is 2.52. The van der Waals surface area contributed by atoms with Crippen molar-refractivity contribution in [3.8, 4) is 0 Å². The Bertz CT molecular complexity index is 470. The quantitative estimate of drug-likeness (QED) is 0.657. The third-order valence-electron chi connectivity index (χ3n) is 4.19. The first-order chi connectivity index (χ1) is 10.8. The van der Waals surface area contributed by atoms with Crippen molar-refractivity contribution in [1.82, 2.24) is 4.72 Å². The third-order valence-corrected chi connectivity index (χ3v) is 5.77. The van der Waals surface area contributed by atoms with Crippen LogP contribution >= 0.6 is 0 Å². The van der Waals surface area contributed by atoms with E-state index >= 15 is 0 Å². The smallest absolute Gasteiger partial charge is 0.0976 e. The van der Waals surface area contributed by atoms with Crippen LogP contribution in [-0.2, 0) is 11.0 Å². The van der Waals surface area contributed by atoms with Crippen LogP contribution in [0.15, 0.2) is 30.3 Å². The molecule has 4 atom stereocenters. The monoisotopic (exact) mass is 339 g/mol. The van der Waals surface area contributed by atoms with E-state index in [2.05, 4.69) is 11.6 Å². The van der Waals surface area contributed by atoms with E-state index in [4.69, 9.17) is 0 Å². The van der Waals surface area contributed by atoms with Gasteiger partial charge >= 0.3 is 0 Å². The van der Waals surface area contributed by atoms with Crippen molar-refractivity contribution >= 4 is 11.0 Å². The second-order valence-electron chi connectivity index (χ2n) is 7.31. The fraction of sp³-hybridized carbons (Fsp3) is 0.684. The summed E-state index contributed by atoms with van der Waals surface area (Å²) in [5.41, 5.74) is 1.08. The lowest BCUT2D eigenvalue weighted by Gasteiger charge is -2.31. The molecule has 0 heterocycles. The van der Waals surface area contributed by atoms with Crippen LogP contribution in [-0.4, -0.2) is 20.2 Å². The average Bonchev–Trinajstić information content (AvgIpc) is 2.51. The van der Waals surface area contributed by atoms with Crippen molar-refractivity contribution in [2.24, 2.45) is 5.92 Å². The molecule has 0 aromatic heterocycles. The molecule has 1 aromatic carbocycles. The molecule has 0 spiro atoms. The van der Waals surface area contributed by atoms with Gasteiger partial charge in [-0.05, 0) is 32.8 Å². The minimum Gasteiger partial charge on any atom is -0.393 e. The van der Waals surface area contributed by atoms with E-state index in [-0.39, 0.29) is 16.7 Å². The van der Waals surface area contributed by atoms with Gasteiger partial charge in [0.1, 0.15) is 0 Å². The van der Waals surface area contributed by atoms with Crippen molar-refractivity contribution in [3.63, 3.8) is 0 Å². The number of aliphatic hydroxyl groups is 1. The third kappa shape index (κ3) is 6.74. The van der Waals surface area contributed by atoms with E-state index in [0.717, 1.165) is 31.2 Å². The number of aliphatic hydroxyl groups excluding tert-OH is 1. The predicted molar refractivity (Wildman–Crippen MR) is 99.5 cm³/mol. The van der Waals surface area contributed by atoms with Crippen LogP contribution in [0.3, 0.4) is 0 Å². The van der Waals surface area contributed by atoms with E-state index in [1.54, 1.807) is 0 Å². The molecule has 0 saturated carbocycles. The van der Waals surface area contributed by atoms with Crippen LogP contribution in [0.1, 0.15) is 71.9 Å². The normalized spacial score (nSPS) is 17.5. The molecule has 3 nitrogen and oxygen atoms in total. The number of nitrogens with one attached hydrogen (secondary N) is 1. The molecule has 0 aliphatic carbocycles. The van der Waals surface area contributed by atoms with Crippen molar-refractivity contribution in [1.29, 1.82) is 0 Å². The Labute approximate surface area is 144 Å². The second kappa shape index (κ2) is 9.55. The van der Waals surface area contributed by atoms with E-state index in [9.17, 15) is 9.32 Å². The van der Waals surface area contributed by atoms with Crippen molar-refractivity contribution in [2.75, 3.05) is 0 Å². The van der Waals surface area contributed by atoms with E-state index in [1.165, 1.54) is 0 Å². The Morgan fingerprint density at radius 2 is 1.78 bits per heavy atom. The van der Waals surface area contributed by atoms with Gasteiger partial charge in [0.25, 0.3) is 0 Å². The largest absolute Gasteiger partial charge is 0.393 e.